The van der Waals surface area contributed by atoms with E-state index in [0.29, 0.717) is 18.0 Å². The fourth-order valence-corrected chi connectivity index (χ4v) is 1.48. The highest BCUT2D eigenvalue weighted by Crippen LogP contribution is 2.22. The van der Waals surface area contributed by atoms with E-state index in [4.69, 9.17) is 0 Å². The summed E-state index contributed by atoms with van der Waals surface area (Å²) in [5, 5.41) is 10.7. The molecule has 1 unspecified atom stereocenters. The van der Waals surface area contributed by atoms with Gasteiger partial charge >= 0.3 is 0 Å². The average Bonchev–Trinajstić information content (AvgIpc) is 2.18. The van der Waals surface area contributed by atoms with Gasteiger partial charge in [-0.05, 0) is 12.0 Å². The molecule has 1 aromatic rings. The topological polar surface area (TPSA) is 56.0 Å². The summed E-state index contributed by atoms with van der Waals surface area (Å²) in [4.78, 5) is 14.6. The molecule has 0 spiro atoms. The molecule has 0 saturated heterocycles. The molecule has 0 radical (unpaired) electrons. The average molecular weight is 273 g/mol. The number of rotatable bonds is 4. The Kier molecular flexibility index (Phi) is 4.20. The maximum Gasteiger partial charge on any atom is 0.290 e. The Morgan fingerprint density at radius 3 is 2.80 bits per heavy atom. The van der Waals surface area contributed by atoms with Crippen molar-refractivity contribution in [2.24, 2.45) is 5.92 Å². The minimum atomic E-state index is -0.387. The molecule has 15 heavy (non-hydrogen) atoms. The molecular weight excluding hydrogens is 260 g/mol. The van der Waals surface area contributed by atoms with Crippen LogP contribution in [-0.4, -0.2) is 14.7 Å². The largest absolute Gasteiger partial charge is 0.290 e. The fraction of sp³-hybridized carbons (Fsp3) is 0.500. The summed E-state index contributed by atoms with van der Waals surface area (Å²) in [5.41, 5.74) is 0.640. The number of hydrogen-bond acceptors (Lipinski definition) is 3. The maximum atomic E-state index is 10.7. The monoisotopic (exact) mass is 272 g/mol. The van der Waals surface area contributed by atoms with Crippen molar-refractivity contribution in [1.82, 2.24) is 4.98 Å². The van der Waals surface area contributed by atoms with Gasteiger partial charge < -0.3 is 0 Å². The van der Waals surface area contributed by atoms with Crippen LogP contribution < -0.4 is 0 Å². The number of aromatic nitrogens is 1. The van der Waals surface area contributed by atoms with Gasteiger partial charge in [0.2, 0.25) is 0 Å². The molecule has 4 nitrogen and oxygen atoms in total. The van der Waals surface area contributed by atoms with Crippen LogP contribution in [0.4, 0.5) is 5.69 Å². The Hall–Kier alpha value is -0.970. The van der Waals surface area contributed by atoms with E-state index in [9.17, 15) is 10.1 Å². The maximum absolute atomic E-state index is 10.7. The van der Waals surface area contributed by atoms with Crippen molar-refractivity contribution in [1.29, 1.82) is 0 Å². The number of halogens is 1. The van der Waals surface area contributed by atoms with Crippen LogP contribution in [0.3, 0.4) is 0 Å². The molecule has 1 rings (SSSR count). The number of nitro groups is 1. The van der Waals surface area contributed by atoms with Crippen molar-refractivity contribution in [3.63, 3.8) is 0 Å². The quantitative estimate of drug-likeness (QED) is 0.481. The van der Waals surface area contributed by atoms with Gasteiger partial charge in [-0.15, -0.1) is 0 Å². The molecule has 0 N–H and O–H groups in total. The van der Waals surface area contributed by atoms with Crippen LogP contribution in [0.15, 0.2) is 18.3 Å². The predicted molar refractivity (Wildman–Crippen MR) is 62.1 cm³/mol. The van der Waals surface area contributed by atoms with Crippen LogP contribution >= 0.6 is 15.9 Å². The molecule has 1 aromatic heterocycles. The number of pyridine rings is 1. The van der Waals surface area contributed by atoms with Crippen LogP contribution in [0.2, 0.25) is 0 Å². The molecule has 0 aromatic carbocycles. The zero-order valence-corrected chi connectivity index (χ0v) is 10.3. The molecule has 0 aliphatic heterocycles. The second kappa shape index (κ2) is 5.21. The van der Waals surface area contributed by atoms with E-state index in [1.54, 1.807) is 12.3 Å². The molecule has 0 saturated carbocycles. The lowest BCUT2D eigenvalue weighted by Gasteiger charge is -2.12. The first kappa shape index (κ1) is 12.1. The molecule has 0 bridgehead atoms. The Bertz CT molecular complexity index is 355. The summed E-state index contributed by atoms with van der Waals surface area (Å²) < 4.78 is 0. The Labute approximate surface area is 97.0 Å². The van der Waals surface area contributed by atoms with Gasteiger partial charge in [0.1, 0.15) is 5.69 Å². The number of alkyl halides is 1. The SMILES string of the molecule is CC(C)C(Br)Cc1ncccc1[N+](=O)[O-]. The van der Waals surface area contributed by atoms with E-state index in [2.05, 4.69) is 34.8 Å². The molecule has 0 fully saturated rings. The minimum absolute atomic E-state index is 0.0996. The Balaban J connectivity index is 2.89. The molecule has 0 aliphatic rings. The van der Waals surface area contributed by atoms with Crippen molar-refractivity contribution in [2.45, 2.75) is 25.1 Å². The van der Waals surface area contributed by atoms with Gasteiger partial charge in [0.25, 0.3) is 5.69 Å². The molecule has 1 heterocycles. The van der Waals surface area contributed by atoms with E-state index in [1.807, 2.05) is 0 Å². The third kappa shape index (κ3) is 3.27. The van der Waals surface area contributed by atoms with Gasteiger partial charge in [0, 0.05) is 23.5 Å². The third-order valence-electron chi connectivity index (χ3n) is 2.17. The Morgan fingerprint density at radius 2 is 2.27 bits per heavy atom. The highest BCUT2D eigenvalue weighted by molar-refractivity contribution is 9.09. The molecule has 82 valence electrons. The van der Waals surface area contributed by atoms with Crippen molar-refractivity contribution < 1.29 is 4.92 Å². The van der Waals surface area contributed by atoms with Crippen LogP contribution in [-0.2, 0) is 6.42 Å². The lowest BCUT2D eigenvalue weighted by atomic mass is 10.1. The lowest BCUT2D eigenvalue weighted by molar-refractivity contribution is -0.385. The van der Waals surface area contributed by atoms with Crippen molar-refractivity contribution in [3.05, 3.63) is 34.1 Å². The fourth-order valence-electron chi connectivity index (χ4n) is 1.17. The smallest absolute Gasteiger partial charge is 0.258 e. The van der Waals surface area contributed by atoms with Crippen LogP contribution in [0.25, 0.3) is 0 Å². The van der Waals surface area contributed by atoms with Crippen LogP contribution in [0.5, 0.6) is 0 Å². The van der Waals surface area contributed by atoms with Crippen molar-refractivity contribution in [2.75, 3.05) is 0 Å². The summed E-state index contributed by atoms with van der Waals surface area (Å²) in [6.45, 7) is 4.13. The predicted octanol–water partition coefficient (Wildman–Crippen LogP) is 2.95. The highest BCUT2D eigenvalue weighted by Gasteiger charge is 2.18. The van der Waals surface area contributed by atoms with E-state index in [0.717, 1.165) is 0 Å². The number of nitrogens with zero attached hydrogens (tertiary/aromatic N) is 2. The van der Waals surface area contributed by atoms with Crippen LogP contribution in [0.1, 0.15) is 19.5 Å². The second-order valence-electron chi connectivity index (χ2n) is 3.69. The summed E-state index contributed by atoms with van der Waals surface area (Å²) in [6, 6.07) is 3.07. The number of hydrogen-bond donors (Lipinski definition) is 0. The zero-order valence-electron chi connectivity index (χ0n) is 8.68. The third-order valence-corrected chi connectivity index (χ3v) is 3.56. The van der Waals surface area contributed by atoms with E-state index >= 15 is 0 Å². The first-order valence-corrected chi connectivity index (χ1v) is 5.66. The van der Waals surface area contributed by atoms with Crippen molar-refractivity contribution in [3.8, 4) is 0 Å². The molecule has 5 heteroatoms. The van der Waals surface area contributed by atoms with Gasteiger partial charge in [0.05, 0.1) is 4.92 Å². The first-order chi connectivity index (χ1) is 7.02. The normalized spacial score (nSPS) is 12.8. The minimum Gasteiger partial charge on any atom is -0.258 e. The van der Waals surface area contributed by atoms with Gasteiger partial charge in [-0.2, -0.15) is 0 Å². The van der Waals surface area contributed by atoms with Crippen molar-refractivity contribution >= 4 is 21.6 Å². The zero-order chi connectivity index (χ0) is 11.4. The van der Waals surface area contributed by atoms with Gasteiger partial charge in [-0.1, -0.05) is 29.8 Å². The molecule has 0 aliphatic carbocycles. The summed E-state index contributed by atoms with van der Waals surface area (Å²) in [5.74, 6) is 0.423. The molecular formula is C10H13BrN2O2. The van der Waals surface area contributed by atoms with E-state index < -0.39 is 0 Å². The molecule has 1 atom stereocenters. The Morgan fingerprint density at radius 1 is 1.60 bits per heavy atom. The summed E-state index contributed by atoms with van der Waals surface area (Å²) in [7, 11) is 0. The van der Waals surface area contributed by atoms with E-state index in [1.165, 1.54) is 6.07 Å². The van der Waals surface area contributed by atoms with E-state index in [-0.39, 0.29) is 15.4 Å². The first-order valence-electron chi connectivity index (χ1n) is 4.74. The van der Waals surface area contributed by atoms with Gasteiger partial charge in [0.15, 0.2) is 0 Å². The standard InChI is InChI=1S/C10H13BrN2O2/c1-7(2)8(11)6-9-10(13(14)15)4-3-5-12-9/h3-5,7-8H,6H2,1-2H3. The van der Waals surface area contributed by atoms with Crippen LogP contribution in [0, 0.1) is 16.0 Å². The highest BCUT2D eigenvalue weighted by atomic mass is 79.9. The van der Waals surface area contributed by atoms with Gasteiger partial charge in [-0.3, -0.25) is 15.1 Å². The van der Waals surface area contributed by atoms with Gasteiger partial charge in [-0.25, -0.2) is 0 Å². The molecule has 0 amide bonds. The summed E-state index contributed by atoms with van der Waals surface area (Å²) >= 11 is 3.50. The summed E-state index contributed by atoms with van der Waals surface area (Å²) in [6.07, 6.45) is 2.16. The lowest BCUT2D eigenvalue weighted by Crippen LogP contribution is -2.12. The second-order valence-corrected chi connectivity index (χ2v) is 4.87.